The van der Waals surface area contributed by atoms with E-state index in [0.29, 0.717) is 18.2 Å². The Labute approximate surface area is 106 Å². The van der Waals surface area contributed by atoms with Crippen molar-refractivity contribution < 1.29 is 8.78 Å². The molecule has 4 heteroatoms. The molecule has 0 amide bonds. The number of benzene rings is 1. The lowest BCUT2D eigenvalue weighted by molar-refractivity contribution is 0.329. The van der Waals surface area contributed by atoms with Crippen molar-refractivity contribution in [1.29, 1.82) is 5.26 Å². The van der Waals surface area contributed by atoms with E-state index >= 15 is 0 Å². The number of nitrogens with zero attached hydrogens (tertiary/aromatic N) is 1. The fourth-order valence-corrected chi connectivity index (χ4v) is 2.36. The van der Waals surface area contributed by atoms with Gasteiger partial charge in [-0.1, -0.05) is 0 Å². The van der Waals surface area contributed by atoms with Crippen molar-refractivity contribution in [2.24, 2.45) is 5.92 Å². The first-order valence-electron chi connectivity index (χ1n) is 6.26. The van der Waals surface area contributed by atoms with Crippen LogP contribution in [0.4, 0.5) is 8.78 Å². The number of hydrogen-bond acceptors (Lipinski definition) is 2. The van der Waals surface area contributed by atoms with E-state index in [1.165, 1.54) is 6.07 Å². The van der Waals surface area contributed by atoms with Crippen LogP contribution in [-0.4, -0.2) is 6.04 Å². The molecular weight excluding hydrogens is 234 g/mol. The fraction of sp³-hybridized carbons (Fsp3) is 0.500. The van der Waals surface area contributed by atoms with Crippen molar-refractivity contribution in [2.45, 2.75) is 38.3 Å². The van der Waals surface area contributed by atoms with Crippen molar-refractivity contribution in [3.63, 3.8) is 0 Å². The molecule has 1 N–H and O–H groups in total. The van der Waals surface area contributed by atoms with E-state index in [-0.39, 0.29) is 11.7 Å². The summed E-state index contributed by atoms with van der Waals surface area (Å²) in [5.74, 6) is -0.634. The molecule has 1 aromatic rings. The van der Waals surface area contributed by atoms with Crippen LogP contribution in [0.3, 0.4) is 0 Å². The van der Waals surface area contributed by atoms with Gasteiger partial charge in [0.05, 0.1) is 6.07 Å². The molecule has 0 aliphatic heterocycles. The van der Waals surface area contributed by atoms with E-state index in [1.54, 1.807) is 0 Å². The van der Waals surface area contributed by atoms with Gasteiger partial charge in [-0.15, -0.1) is 0 Å². The van der Waals surface area contributed by atoms with E-state index in [0.717, 1.165) is 37.8 Å². The minimum absolute atomic E-state index is 0.161. The van der Waals surface area contributed by atoms with Gasteiger partial charge in [-0.05, 0) is 43.9 Å². The summed E-state index contributed by atoms with van der Waals surface area (Å²) >= 11 is 0. The van der Waals surface area contributed by atoms with Crippen LogP contribution in [-0.2, 0) is 6.54 Å². The molecular formula is C14H16F2N2. The van der Waals surface area contributed by atoms with Crippen LogP contribution in [0.25, 0.3) is 0 Å². The van der Waals surface area contributed by atoms with Crippen molar-refractivity contribution in [3.05, 3.63) is 35.4 Å². The molecule has 96 valence electrons. The van der Waals surface area contributed by atoms with Gasteiger partial charge in [0.25, 0.3) is 0 Å². The lowest BCUT2D eigenvalue weighted by Gasteiger charge is -2.25. The summed E-state index contributed by atoms with van der Waals surface area (Å²) in [6.07, 6.45) is 3.63. The molecule has 2 rings (SSSR count). The largest absolute Gasteiger partial charge is 0.310 e. The number of nitrogens with one attached hydrogen (secondary N) is 1. The average Bonchev–Trinajstić information content (AvgIpc) is 2.40. The van der Waals surface area contributed by atoms with E-state index in [4.69, 9.17) is 5.26 Å². The van der Waals surface area contributed by atoms with Gasteiger partial charge in [0.15, 0.2) is 0 Å². The van der Waals surface area contributed by atoms with Crippen LogP contribution >= 0.6 is 0 Å². The molecule has 0 spiro atoms. The Kier molecular flexibility index (Phi) is 4.27. The topological polar surface area (TPSA) is 35.8 Å². The highest BCUT2D eigenvalue weighted by molar-refractivity contribution is 5.18. The summed E-state index contributed by atoms with van der Waals surface area (Å²) in [6.45, 7) is 0.339. The second kappa shape index (κ2) is 5.92. The number of halogens is 2. The van der Waals surface area contributed by atoms with E-state index in [2.05, 4.69) is 11.4 Å². The zero-order valence-corrected chi connectivity index (χ0v) is 10.1. The monoisotopic (exact) mass is 250 g/mol. The van der Waals surface area contributed by atoms with Crippen LogP contribution in [0.2, 0.25) is 0 Å². The van der Waals surface area contributed by atoms with Gasteiger partial charge in [-0.2, -0.15) is 5.26 Å². The molecule has 0 heterocycles. The molecule has 0 bridgehead atoms. The first-order chi connectivity index (χ1) is 8.69. The molecule has 0 aromatic heterocycles. The summed E-state index contributed by atoms with van der Waals surface area (Å²) in [4.78, 5) is 0. The molecule has 2 nitrogen and oxygen atoms in total. The second-order valence-electron chi connectivity index (χ2n) is 4.79. The fourth-order valence-electron chi connectivity index (χ4n) is 2.36. The van der Waals surface area contributed by atoms with Crippen LogP contribution in [0.15, 0.2) is 18.2 Å². The van der Waals surface area contributed by atoms with Gasteiger partial charge >= 0.3 is 0 Å². The van der Waals surface area contributed by atoms with E-state index < -0.39 is 5.82 Å². The maximum atomic E-state index is 13.4. The summed E-state index contributed by atoms with van der Waals surface area (Å²) in [6, 6.07) is 6.08. The molecule has 1 aromatic carbocycles. The molecule has 18 heavy (non-hydrogen) atoms. The Hall–Kier alpha value is -1.47. The second-order valence-corrected chi connectivity index (χ2v) is 4.79. The Morgan fingerprint density at radius 3 is 2.61 bits per heavy atom. The average molecular weight is 250 g/mol. The maximum Gasteiger partial charge on any atom is 0.127 e. The van der Waals surface area contributed by atoms with Crippen molar-refractivity contribution in [2.75, 3.05) is 0 Å². The highest BCUT2D eigenvalue weighted by atomic mass is 19.1. The normalized spacial score (nSPS) is 23.6. The molecule has 1 aliphatic rings. The predicted molar refractivity (Wildman–Crippen MR) is 64.6 cm³/mol. The van der Waals surface area contributed by atoms with E-state index in [1.807, 2.05) is 0 Å². The minimum atomic E-state index is -0.415. The summed E-state index contributed by atoms with van der Waals surface area (Å²) in [5.41, 5.74) is 0.359. The quantitative estimate of drug-likeness (QED) is 0.894. The van der Waals surface area contributed by atoms with Crippen molar-refractivity contribution >= 4 is 0 Å². The van der Waals surface area contributed by atoms with Crippen LogP contribution in [0.1, 0.15) is 31.2 Å². The van der Waals surface area contributed by atoms with Gasteiger partial charge < -0.3 is 5.32 Å². The van der Waals surface area contributed by atoms with E-state index in [9.17, 15) is 8.78 Å². The predicted octanol–water partition coefficient (Wildman–Crippen LogP) is 3.14. The van der Waals surface area contributed by atoms with Crippen LogP contribution in [0.5, 0.6) is 0 Å². The first kappa shape index (κ1) is 13.0. The molecule has 1 saturated carbocycles. The molecule has 0 radical (unpaired) electrons. The molecule has 1 fully saturated rings. The van der Waals surface area contributed by atoms with Gasteiger partial charge in [0.1, 0.15) is 11.6 Å². The van der Waals surface area contributed by atoms with Crippen LogP contribution in [0, 0.1) is 28.9 Å². The van der Waals surface area contributed by atoms with Gasteiger partial charge in [0, 0.05) is 24.1 Å². The highest BCUT2D eigenvalue weighted by Crippen LogP contribution is 2.23. The van der Waals surface area contributed by atoms with Gasteiger partial charge in [0.2, 0.25) is 0 Å². The Morgan fingerprint density at radius 1 is 1.22 bits per heavy atom. The Balaban J connectivity index is 1.85. The first-order valence-corrected chi connectivity index (χ1v) is 6.26. The number of hydrogen-bond donors (Lipinski definition) is 1. The Morgan fingerprint density at radius 2 is 1.94 bits per heavy atom. The Bertz CT molecular complexity index is 446. The lowest BCUT2D eigenvalue weighted by atomic mass is 9.87. The van der Waals surface area contributed by atoms with Crippen molar-refractivity contribution in [3.8, 4) is 6.07 Å². The lowest BCUT2D eigenvalue weighted by Crippen LogP contribution is -2.32. The number of rotatable bonds is 3. The van der Waals surface area contributed by atoms with Crippen molar-refractivity contribution in [1.82, 2.24) is 5.32 Å². The van der Waals surface area contributed by atoms with Gasteiger partial charge in [-0.25, -0.2) is 8.78 Å². The maximum absolute atomic E-state index is 13.4. The third kappa shape index (κ3) is 3.27. The molecule has 0 atom stereocenters. The standard InChI is InChI=1S/C14H16F2N2/c15-12-3-6-14(16)11(7-12)9-18-13-4-1-10(8-17)2-5-13/h3,6-7,10,13,18H,1-2,4-5,9H2. The zero-order valence-electron chi connectivity index (χ0n) is 10.1. The van der Waals surface area contributed by atoms with Gasteiger partial charge in [-0.3, -0.25) is 0 Å². The highest BCUT2D eigenvalue weighted by Gasteiger charge is 2.20. The summed E-state index contributed by atoms with van der Waals surface area (Å²) < 4.78 is 26.4. The molecule has 0 unspecified atom stereocenters. The summed E-state index contributed by atoms with van der Waals surface area (Å²) in [5, 5.41) is 12.0. The third-order valence-corrected chi connectivity index (χ3v) is 3.50. The molecule has 1 aliphatic carbocycles. The number of nitriles is 1. The third-order valence-electron chi connectivity index (χ3n) is 3.50. The summed E-state index contributed by atoms with van der Waals surface area (Å²) in [7, 11) is 0. The minimum Gasteiger partial charge on any atom is -0.310 e. The SMILES string of the molecule is N#CC1CCC(NCc2cc(F)ccc2F)CC1. The molecule has 0 saturated heterocycles. The van der Waals surface area contributed by atoms with Crippen LogP contribution < -0.4 is 5.32 Å². The zero-order chi connectivity index (χ0) is 13.0. The smallest absolute Gasteiger partial charge is 0.127 e.